The number of hydrogen-bond donors (Lipinski definition) is 1. The maximum absolute atomic E-state index is 14.2. The van der Waals surface area contributed by atoms with Crippen LogP contribution in [0.5, 0.6) is 0 Å². The molecule has 3 nitrogen and oxygen atoms in total. The lowest BCUT2D eigenvalue weighted by Crippen LogP contribution is -2.24. The van der Waals surface area contributed by atoms with Crippen molar-refractivity contribution in [1.82, 2.24) is 15.1 Å². The van der Waals surface area contributed by atoms with Crippen LogP contribution in [0.15, 0.2) is 18.3 Å². The van der Waals surface area contributed by atoms with Crippen LogP contribution in [0.1, 0.15) is 35.3 Å². The SMILES string of the molecule is CCNC(c1cn(C)nc1C)c1ccc(C)c(F)c1F. The first-order valence-electron chi connectivity index (χ1n) is 6.63. The van der Waals surface area contributed by atoms with Crippen LogP contribution in [-0.4, -0.2) is 16.3 Å². The highest BCUT2D eigenvalue weighted by Crippen LogP contribution is 2.28. The van der Waals surface area contributed by atoms with Crippen molar-refractivity contribution in [2.24, 2.45) is 7.05 Å². The summed E-state index contributed by atoms with van der Waals surface area (Å²) in [6, 6.07) is 2.83. The predicted molar refractivity (Wildman–Crippen MR) is 74.6 cm³/mol. The largest absolute Gasteiger partial charge is 0.306 e. The van der Waals surface area contributed by atoms with E-state index in [-0.39, 0.29) is 0 Å². The van der Waals surface area contributed by atoms with Gasteiger partial charge in [-0.2, -0.15) is 5.10 Å². The van der Waals surface area contributed by atoms with Crippen LogP contribution in [0.25, 0.3) is 0 Å². The van der Waals surface area contributed by atoms with Crippen LogP contribution >= 0.6 is 0 Å². The lowest BCUT2D eigenvalue weighted by Gasteiger charge is -2.19. The van der Waals surface area contributed by atoms with E-state index in [4.69, 9.17) is 0 Å². The van der Waals surface area contributed by atoms with Gasteiger partial charge in [-0.05, 0) is 26.0 Å². The summed E-state index contributed by atoms with van der Waals surface area (Å²) in [4.78, 5) is 0. The van der Waals surface area contributed by atoms with Gasteiger partial charge in [0.25, 0.3) is 0 Å². The zero-order chi connectivity index (χ0) is 14.9. The Kier molecular flexibility index (Phi) is 4.18. The third kappa shape index (κ3) is 2.58. The van der Waals surface area contributed by atoms with Crippen molar-refractivity contribution in [3.05, 3.63) is 52.3 Å². The average Bonchev–Trinajstić information content (AvgIpc) is 2.73. The van der Waals surface area contributed by atoms with Crippen LogP contribution in [0.2, 0.25) is 0 Å². The van der Waals surface area contributed by atoms with Crippen LogP contribution in [-0.2, 0) is 7.05 Å². The first-order valence-corrected chi connectivity index (χ1v) is 6.63. The van der Waals surface area contributed by atoms with E-state index in [0.717, 1.165) is 11.3 Å². The van der Waals surface area contributed by atoms with Crippen molar-refractivity contribution in [3.8, 4) is 0 Å². The fourth-order valence-electron chi connectivity index (χ4n) is 2.38. The molecule has 0 fully saturated rings. The monoisotopic (exact) mass is 279 g/mol. The molecule has 0 aliphatic rings. The van der Waals surface area contributed by atoms with Crippen molar-refractivity contribution in [1.29, 1.82) is 0 Å². The van der Waals surface area contributed by atoms with E-state index < -0.39 is 17.7 Å². The minimum atomic E-state index is -0.792. The molecule has 1 heterocycles. The molecule has 0 amide bonds. The molecule has 1 unspecified atom stereocenters. The topological polar surface area (TPSA) is 29.9 Å². The van der Waals surface area contributed by atoms with E-state index >= 15 is 0 Å². The summed E-state index contributed by atoms with van der Waals surface area (Å²) in [5, 5.41) is 7.47. The van der Waals surface area contributed by atoms with Gasteiger partial charge < -0.3 is 5.32 Å². The smallest absolute Gasteiger partial charge is 0.164 e. The lowest BCUT2D eigenvalue weighted by molar-refractivity contribution is 0.478. The zero-order valence-corrected chi connectivity index (χ0v) is 12.2. The summed E-state index contributed by atoms with van der Waals surface area (Å²) < 4.78 is 29.7. The molecule has 20 heavy (non-hydrogen) atoms. The molecule has 1 N–H and O–H groups in total. The number of hydrogen-bond acceptors (Lipinski definition) is 2. The maximum Gasteiger partial charge on any atom is 0.164 e. The molecule has 2 rings (SSSR count). The minimum absolute atomic E-state index is 0.310. The second-order valence-electron chi connectivity index (χ2n) is 4.93. The summed E-state index contributed by atoms with van der Waals surface area (Å²) in [6.45, 7) is 6.00. The van der Waals surface area contributed by atoms with E-state index in [9.17, 15) is 8.78 Å². The summed E-state index contributed by atoms with van der Waals surface area (Å²) in [5.41, 5.74) is 2.28. The average molecular weight is 279 g/mol. The Morgan fingerprint density at radius 3 is 2.45 bits per heavy atom. The number of benzene rings is 1. The molecule has 1 aromatic carbocycles. The Morgan fingerprint density at radius 1 is 1.20 bits per heavy atom. The van der Waals surface area contributed by atoms with Gasteiger partial charge in [0.2, 0.25) is 0 Å². The third-order valence-corrected chi connectivity index (χ3v) is 3.39. The maximum atomic E-state index is 14.2. The van der Waals surface area contributed by atoms with Gasteiger partial charge in [-0.1, -0.05) is 19.1 Å². The Morgan fingerprint density at radius 2 is 1.90 bits per heavy atom. The summed E-state index contributed by atoms with van der Waals surface area (Å²) in [6.07, 6.45) is 1.83. The number of nitrogens with one attached hydrogen (secondary N) is 1. The molecule has 1 atom stereocenters. The Hall–Kier alpha value is -1.75. The molecule has 5 heteroatoms. The van der Waals surface area contributed by atoms with Crippen molar-refractivity contribution >= 4 is 0 Å². The molecule has 1 aromatic heterocycles. The number of nitrogens with zero attached hydrogens (tertiary/aromatic N) is 2. The number of rotatable bonds is 4. The fourth-order valence-corrected chi connectivity index (χ4v) is 2.38. The van der Waals surface area contributed by atoms with Crippen molar-refractivity contribution in [2.45, 2.75) is 26.8 Å². The molecule has 0 aliphatic heterocycles. The quantitative estimate of drug-likeness (QED) is 0.932. The van der Waals surface area contributed by atoms with Gasteiger partial charge in [-0.3, -0.25) is 4.68 Å². The van der Waals surface area contributed by atoms with Gasteiger partial charge in [-0.25, -0.2) is 8.78 Å². The molecule has 0 bridgehead atoms. The van der Waals surface area contributed by atoms with E-state index in [1.807, 2.05) is 27.1 Å². The van der Waals surface area contributed by atoms with E-state index in [1.54, 1.807) is 23.7 Å². The van der Waals surface area contributed by atoms with Gasteiger partial charge in [0, 0.05) is 24.4 Å². The van der Waals surface area contributed by atoms with Crippen LogP contribution in [0.3, 0.4) is 0 Å². The second-order valence-corrected chi connectivity index (χ2v) is 4.93. The van der Waals surface area contributed by atoms with Gasteiger partial charge in [-0.15, -0.1) is 0 Å². The van der Waals surface area contributed by atoms with Crippen molar-refractivity contribution < 1.29 is 8.78 Å². The van der Waals surface area contributed by atoms with Crippen molar-refractivity contribution in [3.63, 3.8) is 0 Å². The van der Waals surface area contributed by atoms with E-state index in [0.29, 0.717) is 17.7 Å². The molecular weight excluding hydrogens is 260 g/mol. The second kappa shape index (κ2) is 5.71. The molecule has 108 valence electrons. The van der Waals surface area contributed by atoms with Crippen LogP contribution < -0.4 is 5.32 Å². The van der Waals surface area contributed by atoms with Gasteiger partial charge >= 0.3 is 0 Å². The minimum Gasteiger partial charge on any atom is -0.306 e. The van der Waals surface area contributed by atoms with Crippen molar-refractivity contribution in [2.75, 3.05) is 6.54 Å². The first-order chi connectivity index (χ1) is 9.45. The molecule has 2 aromatic rings. The normalized spacial score (nSPS) is 12.7. The van der Waals surface area contributed by atoms with Crippen LogP contribution in [0.4, 0.5) is 8.78 Å². The number of halogens is 2. The Labute approximate surface area is 117 Å². The first kappa shape index (κ1) is 14.7. The van der Waals surface area contributed by atoms with Gasteiger partial charge in [0.05, 0.1) is 11.7 Å². The number of aryl methyl sites for hydroxylation is 3. The van der Waals surface area contributed by atoms with E-state index in [1.165, 1.54) is 0 Å². The zero-order valence-electron chi connectivity index (χ0n) is 12.2. The molecule has 0 saturated heterocycles. The fraction of sp³-hybridized carbons (Fsp3) is 0.400. The molecular formula is C15H19F2N3. The highest BCUT2D eigenvalue weighted by molar-refractivity contribution is 5.36. The Balaban J connectivity index is 2.54. The molecule has 0 spiro atoms. The summed E-state index contributed by atoms with van der Waals surface area (Å²) in [7, 11) is 1.81. The lowest BCUT2D eigenvalue weighted by atomic mass is 9.97. The molecule has 0 radical (unpaired) electrons. The van der Waals surface area contributed by atoms with Gasteiger partial charge in [0.15, 0.2) is 11.6 Å². The molecule has 0 aliphatic carbocycles. The highest BCUT2D eigenvalue weighted by Gasteiger charge is 2.23. The number of aromatic nitrogens is 2. The standard InChI is InChI=1S/C15H19F2N3/c1-5-18-15(12-8-20(4)19-10(12)3)11-7-6-9(2)13(16)14(11)17/h6-8,15,18H,5H2,1-4H3. The van der Waals surface area contributed by atoms with Gasteiger partial charge in [0.1, 0.15) is 0 Å². The predicted octanol–water partition coefficient (Wildman–Crippen LogP) is 3.01. The summed E-state index contributed by atoms with van der Waals surface area (Å²) in [5.74, 6) is -1.58. The van der Waals surface area contributed by atoms with E-state index in [2.05, 4.69) is 10.4 Å². The van der Waals surface area contributed by atoms with Crippen LogP contribution in [0, 0.1) is 25.5 Å². The summed E-state index contributed by atoms with van der Waals surface area (Å²) >= 11 is 0. The molecule has 0 saturated carbocycles. The Bertz CT molecular complexity index is 620. The highest BCUT2D eigenvalue weighted by atomic mass is 19.2. The third-order valence-electron chi connectivity index (χ3n) is 3.39.